The number of rotatable bonds is 8. The lowest BCUT2D eigenvalue weighted by molar-refractivity contribution is -0.137. The van der Waals surface area contributed by atoms with Crippen LogP contribution in [0.25, 0.3) is 0 Å². The van der Waals surface area contributed by atoms with Crippen LogP contribution in [0.5, 0.6) is 5.75 Å². The van der Waals surface area contributed by atoms with E-state index < -0.39 is 0 Å². The molecule has 0 saturated carbocycles. The van der Waals surface area contributed by atoms with Crippen LogP contribution >= 0.6 is 0 Å². The molecule has 1 aromatic carbocycles. The van der Waals surface area contributed by atoms with Gasteiger partial charge in [-0.25, -0.2) is 0 Å². The second kappa shape index (κ2) is 10.7. The van der Waals surface area contributed by atoms with E-state index in [2.05, 4.69) is 4.90 Å². The van der Waals surface area contributed by atoms with Crippen molar-refractivity contribution in [2.24, 2.45) is 11.8 Å². The van der Waals surface area contributed by atoms with Crippen LogP contribution in [0.4, 0.5) is 5.69 Å². The fourth-order valence-electron chi connectivity index (χ4n) is 5.71. The van der Waals surface area contributed by atoms with Gasteiger partial charge in [0.05, 0.1) is 19.6 Å². The first-order valence-corrected chi connectivity index (χ1v) is 12.1. The predicted molar refractivity (Wildman–Crippen MR) is 124 cm³/mol. The van der Waals surface area contributed by atoms with Gasteiger partial charge in [-0.15, -0.1) is 0 Å². The summed E-state index contributed by atoms with van der Waals surface area (Å²) in [6.07, 6.45) is 6.48. The largest absolute Gasteiger partial charge is 0.497 e. The van der Waals surface area contributed by atoms with E-state index >= 15 is 0 Å². The number of anilines is 1. The number of hydrogen-bond acceptors (Lipinski definition) is 5. The highest BCUT2D eigenvalue weighted by Gasteiger charge is 2.39. The van der Waals surface area contributed by atoms with Gasteiger partial charge in [0.1, 0.15) is 5.75 Å². The Balaban J connectivity index is 1.43. The van der Waals surface area contributed by atoms with Crippen molar-refractivity contribution in [1.29, 1.82) is 0 Å². The normalized spacial score (nSPS) is 26.1. The summed E-state index contributed by atoms with van der Waals surface area (Å²) in [5.41, 5.74) is 0.819. The average Bonchev–Trinajstić information content (AvgIpc) is 3.23. The lowest BCUT2D eigenvalue weighted by atomic mass is 9.83. The Morgan fingerprint density at radius 3 is 2.62 bits per heavy atom. The van der Waals surface area contributed by atoms with E-state index in [9.17, 15) is 9.59 Å². The van der Waals surface area contributed by atoms with Gasteiger partial charge in [0, 0.05) is 44.9 Å². The highest BCUT2D eigenvalue weighted by atomic mass is 16.5. The van der Waals surface area contributed by atoms with Gasteiger partial charge in [-0.3, -0.25) is 9.59 Å². The van der Waals surface area contributed by atoms with Crippen molar-refractivity contribution in [1.82, 2.24) is 9.80 Å². The van der Waals surface area contributed by atoms with Crippen molar-refractivity contribution in [2.75, 3.05) is 58.5 Å². The zero-order chi connectivity index (χ0) is 22.5. The van der Waals surface area contributed by atoms with Crippen LogP contribution in [-0.4, -0.2) is 81.2 Å². The van der Waals surface area contributed by atoms with Crippen molar-refractivity contribution in [3.8, 4) is 5.75 Å². The summed E-state index contributed by atoms with van der Waals surface area (Å²) in [6, 6.07) is 8.05. The third-order valence-electron chi connectivity index (χ3n) is 7.42. The third-order valence-corrected chi connectivity index (χ3v) is 7.42. The van der Waals surface area contributed by atoms with Crippen molar-refractivity contribution in [3.05, 3.63) is 24.3 Å². The van der Waals surface area contributed by atoms with Crippen LogP contribution in [0.1, 0.15) is 38.5 Å². The topological polar surface area (TPSA) is 62.3 Å². The first-order valence-electron chi connectivity index (χ1n) is 12.1. The lowest BCUT2D eigenvalue weighted by Crippen LogP contribution is -2.52. The molecular weight excluding hydrogens is 406 g/mol. The van der Waals surface area contributed by atoms with Gasteiger partial charge in [-0.05, 0) is 69.0 Å². The molecule has 3 atom stereocenters. The van der Waals surface area contributed by atoms with Crippen molar-refractivity contribution >= 4 is 17.5 Å². The van der Waals surface area contributed by atoms with E-state index in [1.54, 1.807) is 19.1 Å². The Kier molecular flexibility index (Phi) is 7.68. The number of carbonyl (C=O) groups excluding carboxylic acids is 2. The molecule has 0 spiro atoms. The number of hydrogen-bond donors (Lipinski definition) is 0. The number of benzene rings is 1. The van der Waals surface area contributed by atoms with Gasteiger partial charge in [-0.2, -0.15) is 0 Å². The van der Waals surface area contributed by atoms with E-state index in [0.29, 0.717) is 31.7 Å². The molecular formula is C25H37N3O4. The Morgan fingerprint density at radius 1 is 1.09 bits per heavy atom. The number of ether oxygens (including phenoxy) is 2. The van der Waals surface area contributed by atoms with E-state index in [4.69, 9.17) is 9.47 Å². The SMILES string of the molecule is COCCN(C[C@@H]1CCCN2CCCC[C@@H]12)C(=O)[C@@H]1CC(=O)N(c2ccc(OC)cc2)C1. The van der Waals surface area contributed by atoms with Gasteiger partial charge in [0.2, 0.25) is 11.8 Å². The molecule has 3 aliphatic rings. The van der Waals surface area contributed by atoms with Crippen LogP contribution < -0.4 is 9.64 Å². The second-order valence-electron chi connectivity index (χ2n) is 9.38. The van der Waals surface area contributed by atoms with E-state index in [-0.39, 0.29) is 24.2 Å². The molecule has 1 aromatic rings. The maximum absolute atomic E-state index is 13.6. The number of carbonyl (C=O) groups is 2. The summed E-state index contributed by atoms with van der Waals surface area (Å²) in [5, 5.41) is 0. The van der Waals surface area contributed by atoms with Gasteiger partial charge < -0.3 is 24.2 Å². The first-order chi connectivity index (χ1) is 15.6. The quantitative estimate of drug-likeness (QED) is 0.618. The molecule has 0 aliphatic carbocycles. The Bertz CT molecular complexity index is 782. The average molecular weight is 444 g/mol. The predicted octanol–water partition coefficient (Wildman–Crippen LogP) is 2.79. The van der Waals surface area contributed by atoms with Crippen LogP contribution in [0.15, 0.2) is 24.3 Å². The molecule has 3 heterocycles. The van der Waals surface area contributed by atoms with Gasteiger partial charge >= 0.3 is 0 Å². The molecule has 0 bridgehead atoms. The van der Waals surface area contributed by atoms with Crippen molar-refractivity contribution in [3.63, 3.8) is 0 Å². The van der Waals surface area contributed by atoms with Gasteiger partial charge in [-0.1, -0.05) is 6.42 Å². The minimum atomic E-state index is -0.299. The number of piperidine rings is 2. The molecule has 0 aromatic heterocycles. The number of amides is 2. The molecule has 2 amide bonds. The minimum Gasteiger partial charge on any atom is -0.497 e. The Morgan fingerprint density at radius 2 is 1.88 bits per heavy atom. The summed E-state index contributed by atoms with van der Waals surface area (Å²) in [7, 11) is 3.30. The molecule has 7 heteroatoms. The minimum absolute atomic E-state index is 0.0105. The number of fused-ring (bicyclic) bond motifs is 1. The zero-order valence-corrected chi connectivity index (χ0v) is 19.5. The molecule has 7 nitrogen and oxygen atoms in total. The molecule has 32 heavy (non-hydrogen) atoms. The summed E-state index contributed by atoms with van der Waals surface area (Å²) in [6.45, 7) is 4.72. The van der Waals surface area contributed by atoms with Gasteiger partial charge in [0.25, 0.3) is 0 Å². The van der Waals surface area contributed by atoms with Crippen LogP contribution in [-0.2, 0) is 14.3 Å². The van der Waals surface area contributed by atoms with Crippen molar-refractivity contribution in [2.45, 2.75) is 44.6 Å². The molecule has 176 valence electrons. The Labute approximate surface area is 191 Å². The molecule has 0 unspecified atom stereocenters. The van der Waals surface area contributed by atoms with E-state index in [0.717, 1.165) is 18.0 Å². The molecule has 3 fully saturated rings. The van der Waals surface area contributed by atoms with Gasteiger partial charge in [0.15, 0.2) is 0 Å². The zero-order valence-electron chi connectivity index (χ0n) is 19.5. The van der Waals surface area contributed by atoms with Crippen LogP contribution in [0.2, 0.25) is 0 Å². The van der Waals surface area contributed by atoms with Crippen molar-refractivity contribution < 1.29 is 19.1 Å². The maximum Gasteiger partial charge on any atom is 0.228 e. The molecule has 3 aliphatic heterocycles. The van der Waals surface area contributed by atoms with Crippen LogP contribution in [0.3, 0.4) is 0 Å². The highest BCUT2D eigenvalue weighted by molar-refractivity contribution is 6.00. The molecule has 4 rings (SSSR count). The third kappa shape index (κ3) is 5.09. The van der Waals surface area contributed by atoms with E-state index in [1.807, 2.05) is 29.2 Å². The summed E-state index contributed by atoms with van der Waals surface area (Å²) in [4.78, 5) is 32.7. The smallest absolute Gasteiger partial charge is 0.228 e. The summed E-state index contributed by atoms with van der Waals surface area (Å²) >= 11 is 0. The molecule has 0 radical (unpaired) electrons. The Hall–Kier alpha value is -2.12. The molecule has 0 N–H and O–H groups in total. The number of nitrogens with zero attached hydrogens (tertiary/aromatic N) is 3. The second-order valence-corrected chi connectivity index (χ2v) is 9.38. The lowest BCUT2D eigenvalue weighted by Gasteiger charge is -2.46. The highest BCUT2D eigenvalue weighted by Crippen LogP contribution is 2.33. The fraction of sp³-hybridized carbons (Fsp3) is 0.680. The van der Waals surface area contributed by atoms with Crippen LogP contribution in [0, 0.1) is 11.8 Å². The summed E-state index contributed by atoms with van der Waals surface area (Å²) in [5.74, 6) is 1.07. The first kappa shape index (κ1) is 23.1. The monoisotopic (exact) mass is 443 g/mol. The maximum atomic E-state index is 13.6. The molecule has 3 saturated heterocycles. The standard InChI is InChI=1S/C25H37N3O4/c1-31-15-14-27(17-19-6-5-13-26-12-4-3-7-23(19)26)25(30)20-16-24(29)28(18-20)21-8-10-22(32-2)11-9-21/h8-11,19-20,23H,3-7,12-18H2,1-2H3/t19-,20+,23-/m0/s1. The van der Waals surface area contributed by atoms with E-state index in [1.165, 1.54) is 45.2 Å². The number of methoxy groups -OCH3 is 2. The fourth-order valence-corrected chi connectivity index (χ4v) is 5.71. The summed E-state index contributed by atoms with van der Waals surface area (Å²) < 4.78 is 10.5.